The summed E-state index contributed by atoms with van der Waals surface area (Å²) in [7, 11) is 0. The van der Waals surface area contributed by atoms with Crippen LogP contribution in [0.3, 0.4) is 0 Å². The number of hydrogen-bond donors (Lipinski definition) is 3. The first-order chi connectivity index (χ1) is 12.4. The van der Waals surface area contributed by atoms with E-state index >= 15 is 0 Å². The fourth-order valence-electron chi connectivity index (χ4n) is 2.47. The highest BCUT2D eigenvalue weighted by Crippen LogP contribution is 2.45. The number of anilines is 1. The van der Waals surface area contributed by atoms with Crippen LogP contribution < -0.4 is 10.1 Å². The lowest BCUT2D eigenvalue weighted by molar-refractivity contribution is -0.0514. The van der Waals surface area contributed by atoms with Crippen molar-refractivity contribution in [1.29, 1.82) is 0 Å². The van der Waals surface area contributed by atoms with Crippen LogP contribution >= 0.6 is 31.9 Å². The molecule has 0 amide bonds. The minimum atomic E-state index is -0.949. The van der Waals surface area contributed by atoms with Gasteiger partial charge in [0.05, 0.1) is 21.3 Å². The van der Waals surface area contributed by atoms with Crippen LogP contribution in [0.15, 0.2) is 51.1 Å². The molecule has 0 aliphatic carbocycles. The minimum Gasteiger partial charge on any atom is -0.506 e. The molecule has 8 heteroatoms. The van der Waals surface area contributed by atoms with E-state index in [9.17, 15) is 15.0 Å². The fourth-order valence-corrected chi connectivity index (χ4v) is 3.68. The Morgan fingerprint density at radius 2 is 2.04 bits per heavy atom. The van der Waals surface area contributed by atoms with Crippen LogP contribution in [0.4, 0.5) is 5.69 Å². The molecule has 1 unspecified atom stereocenters. The number of nitrogens with one attached hydrogen (secondary N) is 1. The maximum atomic E-state index is 13.0. The average Bonchev–Trinajstić information content (AvgIpc) is 2.62. The molecule has 0 saturated carbocycles. The van der Waals surface area contributed by atoms with Gasteiger partial charge in [-0.3, -0.25) is 4.79 Å². The molecule has 1 heterocycles. The maximum absolute atomic E-state index is 13.0. The van der Waals surface area contributed by atoms with Crippen molar-refractivity contribution in [2.75, 3.05) is 11.9 Å². The van der Waals surface area contributed by atoms with Crippen molar-refractivity contribution in [3.63, 3.8) is 0 Å². The van der Waals surface area contributed by atoms with E-state index in [4.69, 9.17) is 9.47 Å². The standard InChI is InChI=1S/C18H15Br2NO5/c1-2-25-18-10(8-21-12-5-3-4-6-13(12)22)15(23)9-7-11(19)16(24)14(20)17(9)26-18/h3-8,18,21-22,24H,2H2,1H3/b10-8+. The van der Waals surface area contributed by atoms with Crippen LogP contribution in [0.25, 0.3) is 0 Å². The van der Waals surface area contributed by atoms with Crippen molar-refractivity contribution >= 4 is 43.3 Å². The number of aromatic hydroxyl groups is 2. The fraction of sp³-hybridized carbons (Fsp3) is 0.167. The third-order valence-electron chi connectivity index (χ3n) is 3.74. The van der Waals surface area contributed by atoms with E-state index < -0.39 is 6.29 Å². The average molecular weight is 485 g/mol. The number of fused-ring (bicyclic) bond motifs is 1. The summed E-state index contributed by atoms with van der Waals surface area (Å²) in [6, 6.07) is 8.16. The van der Waals surface area contributed by atoms with Crippen molar-refractivity contribution in [2.45, 2.75) is 13.2 Å². The molecule has 0 saturated heterocycles. The third-order valence-corrected chi connectivity index (χ3v) is 5.08. The summed E-state index contributed by atoms with van der Waals surface area (Å²) in [5, 5.41) is 22.8. The number of phenolic OH excluding ortho intramolecular Hbond substituents is 2. The molecule has 26 heavy (non-hydrogen) atoms. The first-order valence-corrected chi connectivity index (χ1v) is 9.31. The van der Waals surface area contributed by atoms with Gasteiger partial charge in [-0.2, -0.15) is 0 Å². The number of phenols is 2. The van der Waals surface area contributed by atoms with Gasteiger partial charge in [0.2, 0.25) is 12.1 Å². The van der Waals surface area contributed by atoms with Gasteiger partial charge in [0.15, 0.2) is 5.75 Å². The summed E-state index contributed by atoms with van der Waals surface area (Å²) >= 11 is 6.46. The second-order valence-electron chi connectivity index (χ2n) is 5.39. The quantitative estimate of drug-likeness (QED) is 0.435. The lowest BCUT2D eigenvalue weighted by Gasteiger charge is -2.28. The molecule has 2 aromatic rings. The number of rotatable bonds is 4. The number of carbonyl (C=O) groups excluding carboxylic acids is 1. The smallest absolute Gasteiger partial charge is 0.232 e. The second kappa shape index (κ2) is 7.69. The zero-order valence-electron chi connectivity index (χ0n) is 13.6. The van der Waals surface area contributed by atoms with Crippen molar-refractivity contribution in [3.05, 3.63) is 56.6 Å². The minimum absolute atomic E-state index is 0.0531. The highest BCUT2D eigenvalue weighted by atomic mass is 79.9. The Balaban J connectivity index is 2.03. The van der Waals surface area contributed by atoms with E-state index in [-0.39, 0.29) is 38.6 Å². The largest absolute Gasteiger partial charge is 0.506 e. The van der Waals surface area contributed by atoms with Gasteiger partial charge in [-0.1, -0.05) is 12.1 Å². The molecule has 0 fully saturated rings. The van der Waals surface area contributed by atoms with E-state index in [0.29, 0.717) is 16.8 Å². The lowest BCUT2D eigenvalue weighted by atomic mass is 9.99. The van der Waals surface area contributed by atoms with E-state index in [1.54, 1.807) is 25.1 Å². The first-order valence-electron chi connectivity index (χ1n) is 7.72. The molecule has 0 radical (unpaired) electrons. The summed E-state index contributed by atoms with van der Waals surface area (Å²) in [5.41, 5.74) is 0.969. The van der Waals surface area contributed by atoms with Gasteiger partial charge in [0.1, 0.15) is 16.0 Å². The molecule has 3 N–H and O–H groups in total. The van der Waals surface area contributed by atoms with Crippen LogP contribution in [-0.4, -0.2) is 28.9 Å². The number of para-hydroxylation sites is 2. The maximum Gasteiger partial charge on any atom is 0.232 e. The van der Waals surface area contributed by atoms with Crippen LogP contribution in [-0.2, 0) is 4.74 Å². The summed E-state index contributed by atoms with van der Waals surface area (Å²) in [4.78, 5) is 13.0. The van der Waals surface area contributed by atoms with Gasteiger partial charge >= 0.3 is 0 Å². The number of hydrogen-bond acceptors (Lipinski definition) is 6. The Bertz CT molecular complexity index is 897. The number of ether oxygens (including phenoxy) is 2. The molecule has 1 aliphatic heterocycles. The Kier molecular flexibility index (Phi) is 5.55. The van der Waals surface area contributed by atoms with E-state index in [1.807, 2.05) is 0 Å². The molecular weight excluding hydrogens is 470 g/mol. The number of Topliss-reactive ketones (excluding diaryl/α,β-unsaturated/α-hetero) is 1. The topological polar surface area (TPSA) is 88.0 Å². The van der Waals surface area contributed by atoms with E-state index in [0.717, 1.165) is 0 Å². The number of benzene rings is 2. The first kappa shape index (κ1) is 18.8. The number of ketones is 1. The SMILES string of the molecule is CCOC1Oc2c(cc(Br)c(O)c2Br)C(=O)/C1=C\Nc1ccccc1O. The molecule has 1 atom stereocenters. The van der Waals surface area contributed by atoms with Crippen LogP contribution in [0.5, 0.6) is 17.2 Å². The zero-order valence-corrected chi connectivity index (χ0v) is 16.8. The number of halogens is 2. The summed E-state index contributed by atoms with van der Waals surface area (Å²) in [6.45, 7) is 2.10. The molecule has 1 aliphatic rings. The molecular formula is C18H15Br2NO5. The van der Waals surface area contributed by atoms with Gasteiger partial charge < -0.3 is 25.0 Å². The summed E-state index contributed by atoms with van der Waals surface area (Å²) in [5.74, 6) is -0.105. The molecule has 6 nitrogen and oxygen atoms in total. The van der Waals surface area contributed by atoms with Crippen molar-refractivity contribution in [1.82, 2.24) is 0 Å². The van der Waals surface area contributed by atoms with Gasteiger partial charge in [-0.15, -0.1) is 0 Å². The monoisotopic (exact) mass is 483 g/mol. The van der Waals surface area contributed by atoms with Crippen molar-refractivity contribution in [2.24, 2.45) is 0 Å². The highest BCUT2D eigenvalue weighted by Gasteiger charge is 2.35. The Morgan fingerprint density at radius 3 is 2.73 bits per heavy atom. The van der Waals surface area contributed by atoms with E-state index in [2.05, 4.69) is 37.2 Å². The van der Waals surface area contributed by atoms with Gasteiger partial charge in [-0.25, -0.2) is 0 Å². The van der Waals surface area contributed by atoms with Crippen LogP contribution in [0.2, 0.25) is 0 Å². The Labute approximate surface area is 166 Å². The van der Waals surface area contributed by atoms with Gasteiger partial charge in [0.25, 0.3) is 0 Å². The van der Waals surface area contributed by atoms with Gasteiger partial charge in [0, 0.05) is 12.8 Å². The molecule has 0 bridgehead atoms. The van der Waals surface area contributed by atoms with E-state index in [1.165, 1.54) is 18.3 Å². The highest BCUT2D eigenvalue weighted by molar-refractivity contribution is 9.11. The summed E-state index contributed by atoms with van der Waals surface area (Å²) < 4.78 is 12.0. The molecule has 3 rings (SSSR count). The molecule has 0 aromatic heterocycles. The summed E-state index contributed by atoms with van der Waals surface area (Å²) in [6.07, 6.45) is 0.505. The lowest BCUT2D eigenvalue weighted by Crippen LogP contribution is -2.33. The Hall–Kier alpha value is -2.03. The predicted molar refractivity (Wildman–Crippen MR) is 104 cm³/mol. The van der Waals surface area contributed by atoms with Gasteiger partial charge in [-0.05, 0) is 57.0 Å². The van der Waals surface area contributed by atoms with Crippen LogP contribution in [0, 0.1) is 0 Å². The molecule has 136 valence electrons. The van der Waals surface area contributed by atoms with Crippen molar-refractivity contribution in [3.8, 4) is 17.2 Å². The number of carbonyl (C=O) groups is 1. The normalized spacial score (nSPS) is 17.7. The Morgan fingerprint density at radius 1 is 1.31 bits per heavy atom. The third kappa shape index (κ3) is 3.44. The second-order valence-corrected chi connectivity index (χ2v) is 7.04. The molecule has 0 spiro atoms. The predicted octanol–water partition coefficient (Wildman–Crippen LogP) is 4.56. The molecule has 2 aromatic carbocycles. The van der Waals surface area contributed by atoms with Crippen LogP contribution in [0.1, 0.15) is 17.3 Å². The van der Waals surface area contributed by atoms with Crippen molar-refractivity contribution < 1.29 is 24.5 Å². The zero-order chi connectivity index (χ0) is 18.8.